The monoisotopic (exact) mass is 653 g/mol. The quantitative estimate of drug-likeness (QED) is 0.0385. The molecule has 0 radical (unpaired) electrons. The van der Waals surface area contributed by atoms with E-state index in [1.807, 2.05) is 0 Å². The fraction of sp³-hybridized carbons (Fsp3) is 0.925. The predicted molar refractivity (Wildman–Crippen MR) is 192 cm³/mol. The third kappa shape index (κ3) is 33.8. The summed E-state index contributed by atoms with van der Waals surface area (Å²) in [6.07, 6.45) is 31.2. The molecule has 0 aromatic carbocycles. The second-order valence-corrected chi connectivity index (χ2v) is 14.0. The summed E-state index contributed by atoms with van der Waals surface area (Å²) in [5.74, 6) is -0.0541. The molecule has 0 aromatic heterocycles. The van der Waals surface area contributed by atoms with Gasteiger partial charge in [-0.15, -0.1) is 0 Å². The number of rotatable bonds is 35. The van der Waals surface area contributed by atoms with Crippen LogP contribution in [-0.4, -0.2) is 37.2 Å². The van der Waals surface area contributed by atoms with Crippen LogP contribution in [0.3, 0.4) is 0 Å². The second kappa shape index (κ2) is 34.7. The topological polar surface area (TPSA) is 78.9 Å². The summed E-state index contributed by atoms with van der Waals surface area (Å²) in [5, 5.41) is 0. The molecular formula is C40H76O6. The van der Waals surface area contributed by atoms with E-state index in [-0.39, 0.29) is 31.1 Å². The lowest BCUT2D eigenvalue weighted by molar-refractivity contribution is -0.167. The first kappa shape index (κ1) is 44.4. The van der Waals surface area contributed by atoms with Crippen LogP contribution in [0.25, 0.3) is 0 Å². The summed E-state index contributed by atoms with van der Waals surface area (Å²) in [6, 6.07) is 0. The molecular weight excluding hydrogens is 576 g/mol. The number of carbonyl (C=O) groups is 3. The van der Waals surface area contributed by atoms with Crippen LogP contribution in [0.5, 0.6) is 0 Å². The van der Waals surface area contributed by atoms with Gasteiger partial charge < -0.3 is 14.2 Å². The maximum atomic E-state index is 12.6. The van der Waals surface area contributed by atoms with Crippen molar-refractivity contribution in [2.75, 3.05) is 13.2 Å². The molecule has 0 heterocycles. The Morgan fingerprint density at radius 2 is 0.717 bits per heavy atom. The number of hydrogen-bond donors (Lipinski definition) is 0. The van der Waals surface area contributed by atoms with Gasteiger partial charge in [0.1, 0.15) is 13.2 Å². The summed E-state index contributed by atoms with van der Waals surface area (Å²) in [6.45, 7) is 8.87. The van der Waals surface area contributed by atoms with Gasteiger partial charge >= 0.3 is 17.9 Å². The van der Waals surface area contributed by atoms with Crippen LogP contribution in [0.1, 0.15) is 214 Å². The fourth-order valence-corrected chi connectivity index (χ4v) is 5.74. The van der Waals surface area contributed by atoms with Gasteiger partial charge in [-0.05, 0) is 25.2 Å². The molecule has 0 saturated carbocycles. The predicted octanol–water partition coefficient (Wildman–Crippen LogP) is 12.0. The molecule has 0 spiro atoms. The van der Waals surface area contributed by atoms with Crippen LogP contribution in [0.2, 0.25) is 0 Å². The van der Waals surface area contributed by atoms with Crippen molar-refractivity contribution in [3.8, 4) is 0 Å². The first-order valence-corrected chi connectivity index (χ1v) is 19.9. The Hall–Kier alpha value is -1.59. The molecule has 6 heteroatoms. The van der Waals surface area contributed by atoms with Crippen molar-refractivity contribution in [2.45, 2.75) is 220 Å². The Morgan fingerprint density at radius 3 is 1.07 bits per heavy atom. The largest absolute Gasteiger partial charge is 0.462 e. The van der Waals surface area contributed by atoms with E-state index in [4.69, 9.17) is 14.2 Å². The van der Waals surface area contributed by atoms with Crippen LogP contribution >= 0.6 is 0 Å². The van der Waals surface area contributed by atoms with Crippen molar-refractivity contribution in [3.63, 3.8) is 0 Å². The molecule has 272 valence electrons. The van der Waals surface area contributed by atoms with Crippen LogP contribution in [-0.2, 0) is 28.6 Å². The lowest BCUT2D eigenvalue weighted by atomic mass is 10.0. The maximum Gasteiger partial charge on any atom is 0.306 e. The molecule has 1 atom stereocenters. The van der Waals surface area contributed by atoms with Crippen LogP contribution in [0.4, 0.5) is 0 Å². The highest BCUT2D eigenvalue weighted by molar-refractivity contribution is 5.71. The zero-order valence-electron chi connectivity index (χ0n) is 31.0. The zero-order chi connectivity index (χ0) is 33.9. The minimum Gasteiger partial charge on any atom is -0.462 e. The molecule has 0 unspecified atom stereocenters. The Bertz CT molecular complexity index is 691. The summed E-state index contributed by atoms with van der Waals surface area (Å²) < 4.78 is 16.5. The van der Waals surface area contributed by atoms with Gasteiger partial charge in [-0.2, -0.15) is 0 Å². The van der Waals surface area contributed by atoms with Gasteiger partial charge in [0, 0.05) is 19.3 Å². The first-order chi connectivity index (χ1) is 22.4. The number of ether oxygens (including phenoxy) is 3. The van der Waals surface area contributed by atoms with Gasteiger partial charge in [0.25, 0.3) is 0 Å². The van der Waals surface area contributed by atoms with Crippen LogP contribution in [0, 0.1) is 5.92 Å². The van der Waals surface area contributed by atoms with E-state index in [0.717, 1.165) is 70.1 Å². The van der Waals surface area contributed by atoms with E-state index in [2.05, 4.69) is 27.7 Å². The summed E-state index contributed by atoms with van der Waals surface area (Å²) in [5.41, 5.74) is 0. The zero-order valence-corrected chi connectivity index (χ0v) is 31.0. The molecule has 0 saturated heterocycles. The Labute approximate surface area is 285 Å². The Balaban J connectivity index is 4.24. The molecule has 0 fully saturated rings. The van der Waals surface area contributed by atoms with Crippen molar-refractivity contribution in [2.24, 2.45) is 5.92 Å². The molecule has 0 rings (SSSR count). The van der Waals surface area contributed by atoms with E-state index < -0.39 is 6.10 Å². The lowest BCUT2D eigenvalue weighted by Gasteiger charge is -2.18. The van der Waals surface area contributed by atoms with E-state index >= 15 is 0 Å². The van der Waals surface area contributed by atoms with E-state index in [1.165, 1.54) is 103 Å². The first-order valence-electron chi connectivity index (χ1n) is 19.9. The van der Waals surface area contributed by atoms with Crippen molar-refractivity contribution >= 4 is 17.9 Å². The van der Waals surface area contributed by atoms with Crippen molar-refractivity contribution in [1.29, 1.82) is 0 Å². The van der Waals surface area contributed by atoms with Gasteiger partial charge in [-0.3, -0.25) is 14.4 Å². The average Bonchev–Trinajstić information content (AvgIpc) is 3.03. The normalized spacial score (nSPS) is 11.9. The molecule has 0 N–H and O–H groups in total. The van der Waals surface area contributed by atoms with Gasteiger partial charge in [-0.25, -0.2) is 0 Å². The van der Waals surface area contributed by atoms with Gasteiger partial charge in [0.2, 0.25) is 0 Å². The maximum absolute atomic E-state index is 12.6. The van der Waals surface area contributed by atoms with Gasteiger partial charge in [0.05, 0.1) is 0 Å². The third-order valence-corrected chi connectivity index (χ3v) is 8.79. The lowest BCUT2D eigenvalue weighted by Crippen LogP contribution is -2.30. The molecule has 0 aliphatic rings. The van der Waals surface area contributed by atoms with E-state index in [0.29, 0.717) is 19.3 Å². The molecule has 0 aliphatic carbocycles. The average molecular weight is 653 g/mol. The van der Waals surface area contributed by atoms with Crippen molar-refractivity contribution < 1.29 is 28.6 Å². The fourth-order valence-electron chi connectivity index (χ4n) is 5.74. The molecule has 0 aliphatic heterocycles. The van der Waals surface area contributed by atoms with E-state index in [9.17, 15) is 14.4 Å². The van der Waals surface area contributed by atoms with Gasteiger partial charge in [0.15, 0.2) is 6.10 Å². The highest BCUT2D eigenvalue weighted by Gasteiger charge is 2.19. The highest BCUT2D eigenvalue weighted by atomic mass is 16.6. The Morgan fingerprint density at radius 1 is 0.413 bits per heavy atom. The van der Waals surface area contributed by atoms with Crippen molar-refractivity contribution in [1.82, 2.24) is 0 Å². The number of unbranched alkanes of at least 4 members (excludes halogenated alkanes) is 22. The summed E-state index contributed by atoms with van der Waals surface area (Å²) in [4.78, 5) is 37.2. The van der Waals surface area contributed by atoms with E-state index in [1.54, 1.807) is 0 Å². The van der Waals surface area contributed by atoms with Crippen LogP contribution < -0.4 is 0 Å². The van der Waals surface area contributed by atoms with Crippen LogP contribution in [0.15, 0.2) is 0 Å². The highest BCUT2D eigenvalue weighted by Crippen LogP contribution is 2.15. The molecule has 0 aromatic rings. The smallest absolute Gasteiger partial charge is 0.306 e. The Kier molecular flexibility index (Phi) is 33.5. The minimum atomic E-state index is -0.756. The summed E-state index contributed by atoms with van der Waals surface area (Å²) in [7, 11) is 0. The minimum absolute atomic E-state index is 0.0660. The van der Waals surface area contributed by atoms with Gasteiger partial charge in [-0.1, -0.05) is 175 Å². The van der Waals surface area contributed by atoms with Crippen molar-refractivity contribution in [3.05, 3.63) is 0 Å². The molecule has 6 nitrogen and oxygen atoms in total. The molecule has 0 bridgehead atoms. The standard InChI is InChI=1S/C40H76O6/c1-5-7-9-11-12-16-20-24-28-32-39(42)45-35-37(34-44-38(41)31-27-22-10-8-6-2)46-40(43)33-29-25-21-18-15-13-14-17-19-23-26-30-36(3)4/h36-37H,5-35H2,1-4H3/t37-/m1/s1. The molecule has 46 heavy (non-hydrogen) atoms. The number of esters is 3. The molecule has 0 amide bonds. The number of hydrogen-bond acceptors (Lipinski definition) is 6. The SMILES string of the molecule is CCCCCCCCCCCC(=O)OC[C@@H](COC(=O)CCCCCCC)OC(=O)CCCCCCCCCCCCCC(C)C. The third-order valence-electron chi connectivity index (χ3n) is 8.79. The second-order valence-electron chi connectivity index (χ2n) is 14.0. The summed E-state index contributed by atoms with van der Waals surface area (Å²) >= 11 is 0. The number of carbonyl (C=O) groups excluding carboxylic acids is 3.